The van der Waals surface area contributed by atoms with E-state index in [1.165, 1.54) is 0 Å². The van der Waals surface area contributed by atoms with E-state index in [1.807, 2.05) is 32.0 Å². The molecule has 5 N–H and O–H groups in total. The van der Waals surface area contributed by atoms with Crippen molar-refractivity contribution in [1.82, 2.24) is 20.9 Å². The number of hydrogen-bond acceptors (Lipinski definition) is 7. The molecule has 3 rings (SSSR count). The fourth-order valence-electron chi connectivity index (χ4n) is 4.04. The number of aromatic nitrogens is 1. The zero-order valence-electron chi connectivity index (χ0n) is 19.9. The Labute approximate surface area is 225 Å². The minimum Gasteiger partial charge on any atom is -0.746 e. The molecular formula is C22H29N4NaO7S. The molecule has 0 radical (unpaired) electrons. The quantitative estimate of drug-likeness (QED) is 0.167. The maximum Gasteiger partial charge on any atom is 1.00 e. The van der Waals surface area contributed by atoms with Crippen molar-refractivity contribution in [2.75, 3.05) is 6.54 Å². The van der Waals surface area contributed by atoms with Crippen molar-refractivity contribution in [3.8, 4) is 0 Å². The van der Waals surface area contributed by atoms with Gasteiger partial charge in [-0.15, -0.1) is 0 Å². The summed E-state index contributed by atoms with van der Waals surface area (Å²) in [5.41, 5.74) is -1.45. The summed E-state index contributed by atoms with van der Waals surface area (Å²) in [4.78, 5) is 40.8. The summed E-state index contributed by atoms with van der Waals surface area (Å²) in [6.07, 6.45) is 0.364. The Kier molecular flexibility index (Phi) is 10.3. The van der Waals surface area contributed by atoms with Crippen molar-refractivity contribution >= 4 is 38.7 Å². The van der Waals surface area contributed by atoms with Gasteiger partial charge in [-0.05, 0) is 37.3 Å². The van der Waals surface area contributed by atoms with Crippen molar-refractivity contribution < 1.29 is 62.0 Å². The minimum atomic E-state index is -5.17. The molecule has 11 nitrogen and oxygen atoms in total. The van der Waals surface area contributed by atoms with Crippen molar-refractivity contribution in [1.29, 1.82) is 0 Å². The van der Waals surface area contributed by atoms with E-state index in [-0.39, 0.29) is 59.9 Å². The number of rotatable bonds is 10. The normalized spacial score (nSPS) is 18.4. The van der Waals surface area contributed by atoms with Crippen molar-refractivity contribution in [2.24, 2.45) is 11.8 Å². The van der Waals surface area contributed by atoms with Gasteiger partial charge in [-0.25, -0.2) is 8.42 Å². The number of aliphatic hydroxyl groups is 1. The Morgan fingerprint density at radius 1 is 1.23 bits per heavy atom. The summed E-state index contributed by atoms with van der Waals surface area (Å²) in [5.74, 6) is -2.33. The molecule has 4 atom stereocenters. The molecule has 1 aliphatic rings. The molecule has 1 fully saturated rings. The van der Waals surface area contributed by atoms with Gasteiger partial charge in [0.2, 0.25) is 11.8 Å². The number of aliphatic hydroxyl groups excluding tert-OH is 1. The van der Waals surface area contributed by atoms with Gasteiger partial charge in [0, 0.05) is 23.4 Å². The van der Waals surface area contributed by atoms with Crippen LogP contribution in [0, 0.1) is 11.8 Å². The molecule has 186 valence electrons. The van der Waals surface area contributed by atoms with E-state index in [9.17, 15) is 32.5 Å². The predicted molar refractivity (Wildman–Crippen MR) is 122 cm³/mol. The summed E-state index contributed by atoms with van der Waals surface area (Å²) in [5, 5.41) is 18.5. The van der Waals surface area contributed by atoms with Gasteiger partial charge in [-0.1, -0.05) is 32.0 Å². The van der Waals surface area contributed by atoms with Crippen LogP contribution >= 0.6 is 0 Å². The molecule has 1 aromatic carbocycles. The first-order chi connectivity index (χ1) is 16.0. The van der Waals surface area contributed by atoms with Crippen LogP contribution in [0.3, 0.4) is 0 Å². The number of fused-ring (bicyclic) bond motifs is 1. The standard InChI is InChI=1S/C22H30N4O7S.Na/c1-12(2)9-16(25-21(29)17-10-13-5-3-4-6-15(13)24-17)20(28)26-18(22(30)34(31,32)33)11-14-7-8-23-19(14)27;/h3-6,10,12,14,16,18,22,24,30H,7-9,11H2,1-2H3,(H,23,27)(H,25,29)(H,26,28)(H,31,32,33);/q;+1/p-1. The maximum atomic E-state index is 13.1. The first-order valence-corrected chi connectivity index (χ1v) is 12.5. The number of hydrogen-bond donors (Lipinski definition) is 5. The molecule has 1 saturated heterocycles. The Hall–Kier alpha value is -1.96. The average molecular weight is 517 g/mol. The molecule has 2 aromatic rings. The second kappa shape index (κ2) is 12.3. The van der Waals surface area contributed by atoms with Gasteiger partial charge in [0.15, 0.2) is 5.44 Å². The minimum absolute atomic E-state index is 0. The van der Waals surface area contributed by atoms with Crippen LogP contribution in [0.5, 0.6) is 0 Å². The molecule has 35 heavy (non-hydrogen) atoms. The molecule has 1 aromatic heterocycles. The molecule has 4 unspecified atom stereocenters. The monoisotopic (exact) mass is 516 g/mol. The van der Waals surface area contributed by atoms with Gasteiger partial charge < -0.3 is 30.6 Å². The third-order valence-electron chi connectivity index (χ3n) is 5.77. The fraction of sp³-hybridized carbons (Fsp3) is 0.500. The maximum absolute atomic E-state index is 13.1. The number of nitrogens with one attached hydrogen (secondary N) is 4. The van der Waals surface area contributed by atoms with Gasteiger partial charge >= 0.3 is 29.6 Å². The number of carbonyl (C=O) groups is 3. The molecule has 0 aliphatic carbocycles. The number of aromatic amines is 1. The van der Waals surface area contributed by atoms with Gasteiger partial charge in [0.1, 0.15) is 21.9 Å². The van der Waals surface area contributed by atoms with E-state index in [0.717, 1.165) is 10.9 Å². The van der Waals surface area contributed by atoms with E-state index < -0.39 is 45.4 Å². The molecule has 3 amide bonds. The Bertz CT molecular complexity index is 1130. The zero-order valence-corrected chi connectivity index (χ0v) is 22.7. The van der Waals surface area contributed by atoms with Gasteiger partial charge in [0.05, 0.1) is 6.04 Å². The number of H-pyrrole nitrogens is 1. The molecular weight excluding hydrogens is 487 g/mol. The molecule has 0 spiro atoms. The Balaban J connectivity index is 0.00000432. The summed E-state index contributed by atoms with van der Waals surface area (Å²) in [6, 6.07) is 6.34. The van der Waals surface area contributed by atoms with Crippen LogP contribution in [0.4, 0.5) is 0 Å². The summed E-state index contributed by atoms with van der Waals surface area (Å²) in [7, 11) is -5.17. The number of carbonyl (C=O) groups excluding carboxylic acids is 3. The van der Waals surface area contributed by atoms with E-state index in [0.29, 0.717) is 13.0 Å². The third kappa shape index (κ3) is 7.76. The fourth-order valence-corrected chi connectivity index (χ4v) is 4.62. The SMILES string of the molecule is CC(C)CC(NC(=O)c1cc2ccccc2[nH]1)C(=O)NC(CC1CCNC1=O)C(O)S(=O)(=O)[O-].[Na+]. The van der Waals surface area contributed by atoms with Crippen LogP contribution < -0.4 is 45.5 Å². The smallest absolute Gasteiger partial charge is 0.746 e. The van der Waals surface area contributed by atoms with Gasteiger partial charge in [0.25, 0.3) is 5.91 Å². The van der Waals surface area contributed by atoms with Crippen LogP contribution in [0.15, 0.2) is 30.3 Å². The second-order valence-corrected chi connectivity index (χ2v) is 10.4. The molecule has 0 saturated carbocycles. The molecule has 13 heteroatoms. The third-order valence-corrected chi connectivity index (χ3v) is 6.69. The van der Waals surface area contributed by atoms with Gasteiger partial charge in [-0.3, -0.25) is 14.4 Å². The summed E-state index contributed by atoms with van der Waals surface area (Å²) in [6.45, 7) is 4.06. The van der Waals surface area contributed by atoms with Crippen LogP contribution in [0.2, 0.25) is 0 Å². The zero-order chi connectivity index (χ0) is 25.0. The first-order valence-electron chi connectivity index (χ1n) is 11.0. The predicted octanol–water partition coefficient (Wildman–Crippen LogP) is -2.81. The summed E-state index contributed by atoms with van der Waals surface area (Å²) >= 11 is 0. The summed E-state index contributed by atoms with van der Waals surface area (Å²) < 4.78 is 34.4. The molecule has 2 heterocycles. The van der Waals surface area contributed by atoms with Gasteiger partial charge in [-0.2, -0.15) is 0 Å². The Morgan fingerprint density at radius 3 is 2.49 bits per heavy atom. The van der Waals surface area contributed by atoms with E-state index >= 15 is 0 Å². The van der Waals surface area contributed by atoms with Crippen molar-refractivity contribution in [3.05, 3.63) is 36.0 Å². The van der Waals surface area contributed by atoms with Crippen LogP contribution in [0.25, 0.3) is 10.9 Å². The second-order valence-electron chi connectivity index (χ2n) is 8.94. The van der Waals surface area contributed by atoms with Crippen molar-refractivity contribution in [2.45, 2.75) is 50.6 Å². The first kappa shape index (κ1) is 29.3. The van der Waals surface area contributed by atoms with E-state index in [4.69, 9.17) is 0 Å². The molecule has 1 aliphatic heterocycles. The largest absolute Gasteiger partial charge is 1.00 e. The van der Waals surface area contributed by atoms with E-state index in [2.05, 4.69) is 20.9 Å². The van der Waals surface area contributed by atoms with Crippen LogP contribution in [-0.2, 0) is 19.7 Å². The van der Waals surface area contributed by atoms with E-state index in [1.54, 1.807) is 12.1 Å². The topological polar surface area (TPSA) is 181 Å². The number of amides is 3. The van der Waals surface area contributed by atoms with Crippen LogP contribution in [-0.4, -0.2) is 64.8 Å². The average Bonchev–Trinajstić information content (AvgIpc) is 3.37. The van der Waals surface area contributed by atoms with Crippen molar-refractivity contribution in [3.63, 3.8) is 0 Å². The van der Waals surface area contributed by atoms with Crippen LogP contribution in [0.1, 0.15) is 43.6 Å². The Morgan fingerprint density at radius 2 is 1.91 bits per heavy atom. The molecule has 0 bridgehead atoms. The number of para-hydroxylation sites is 1. The number of benzene rings is 1.